The highest BCUT2D eigenvalue weighted by Crippen LogP contribution is 2.12. The Morgan fingerprint density at radius 3 is 2.78 bits per heavy atom. The third-order valence-electron chi connectivity index (χ3n) is 0.853. The van der Waals surface area contributed by atoms with Crippen LogP contribution in [0.2, 0.25) is 0 Å². The van der Waals surface area contributed by atoms with E-state index in [1.165, 1.54) is 0 Å². The second-order valence-electron chi connectivity index (χ2n) is 1.47. The summed E-state index contributed by atoms with van der Waals surface area (Å²) in [6, 6.07) is 1.56. The fourth-order valence-electron chi connectivity index (χ4n) is 0.436. The predicted octanol–water partition coefficient (Wildman–Crippen LogP) is 2.65. The van der Waals surface area contributed by atoms with Crippen molar-refractivity contribution in [2.75, 3.05) is 0 Å². The minimum atomic E-state index is -0.410. The van der Waals surface area contributed by atoms with Crippen LogP contribution in [0.5, 0.6) is 0 Å². The van der Waals surface area contributed by atoms with Crippen molar-refractivity contribution in [3.8, 4) is 0 Å². The average molecular weight is 208 g/mol. The van der Waals surface area contributed by atoms with E-state index < -0.39 is 5.82 Å². The molecule has 0 saturated heterocycles. The fraction of sp³-hybridized carbons (Fsp3) is 0. The minimum Gasteiger partial charge on any atom is -0.350 e. The Morgan fingerprint density at radius 2 is 2.33 bits per heavy atom. The van der Waals surface area contributed by atoms with Gasteiger partial charge in [-0.2, -0.15) is 0 Å². The lowest BCUT2D eigenvalue weighted by Gasteiger charge is -1.89. The Bertz CT molecular complexity index is 270. The minimum absolute atomic E-state index is 0.129. The second kappa shape index (κ2) is 2.58. The van der Waals surface area contributed by atoms with Gasteiger partial charge in [0.25, 0.3) is 0 Å². The number of aromatic nitrogens is 1. The van der Waals surface area contributed by atoms with Crippen LogP contribution in [0.15, 0.2) is 16.7 Å². The molecular formula is C5H3BrFNS. The molecule has 0 aliphatic carbocycles. The van der Waals surface area contributed by atoms with Crippen molar-refractivity contribution in [3.63, 3.8) is 0 Å². The summed E-state index contributed by atoms with van der Waals surface area (Å²) in [7, 11) is 0. The molecule has 9 heavy (non-hydrogen) atoms. The Kier molecular flexibility index (Phi) is 1.97. The zero-order valence-electron chi connectivity index (χ0n) is 4.32. The monoisotopic (exact) mass is 207 g/mol. The predicted molar refractivity (Wildman–Crippen MR) is 39.3 cm³/mol. The molecule has 0 spiro atoms. The number of hydrogen-bond acceptors (Lipinski definition) is 1. The van der Waals surface area contributed by atoms with Gasteiger partial charge in [-0.3, -0.25) is 0 Å². The van der Waals surface area contributed by atoms with Crippen molar-refractivity contribution < 1.29 is 4.39 Å². The van der Waals surface area contributed by atoms with Crippen LogP contribution in [-0.2, 0) is 0 Å². The van der Waals surface area contributed by atoms with Crippen molar-refractivity contribution in [1.82, 2.24) is 4.98 Å². The first-order valence-corrected chi connectivity index (χ1v) is 3.44. The van der Waals surface area contributed by atoms with Gasteiger partial charge in [-0.15, -0.1) is 0 Å². The van der Waals surface area contributed by atoms with Crippen molar-refractivity contribution in [3.05, 3.63) is 27.2 Å². The van der Waals surface area contributed by atoms with E-state index in [2.05, 4.69) is 33.1 Å². The van der Waals surface area contributed by atoms with Crippen LogP contribution in [0, 0.1) is 10.5 Å². The van der Waals surface area contributed by atoms with Crippen LogP contribution < -0.4 is 0 Å². The molecule has 1 N–H and O–H groups in total. The third-order valence-corrected chi connectivity index (χ3v) is 1.76. The van der Waals surface area contributed by atoms with Gasteiger partial charge in [-0.05, 0) is 22.0 Å². The highest BCUT2D eigenvalue weighted by Gasteiger charge is 1.96. The zero-order chi connectivity index (χ0) is 6.85. The first-order chi connectivity index (χ1) is 4.22. The number of halogens is 2. The Morgan fingerprint density at radius 1 is 1.67 bits per heavy atom. The van der Waals surface area contributed by atoms with Gasteiger partial charge in [-0.1, -0.05) is 12.2 Å². The lowest BCUT2D eigenvalue weighted by atomic mass is 10.5. The summed E-state index contributed by atoms with van der Waals surface area (Å²) in [5.74, 6) is -0.410. The molecule has 0 fully saturated rings. The first-order valence-electron chi connectivity index (χ1n) is 2.24. The Balaban J connectivity index is 3.43. The van der Waals surface area contributed by atoms with Crippen LogP contribution in [0.3, 0.4) is 0 Å². The van der Waals surface area contributed by atoms with Crippen molar-refractivity contribution in [2.45, 2.75) is 0 Å². The summed E-state index contributed by atoms with van der Waals surface area (Å²) in [5, 5.41) is 0. The third kappa shape index (κ3) is 1.37. The maximum absolute atomic E-state index is 12.5. The molecule has 1 aromatic rings. The van der Waals surface area contributed by atoms with Gasteiger partial charge in [0.1, 0.15) is 4.64 Å². The molecule has 0 radical (unpaired) electrons. The summed E-state index contributed by atoms with van der Waals surface area (Å²) in [4.78, 5) is 2.55. The number of H-pyrrole nitrogens is 1. The van der Waals surface area contributed by atoms with Gasteiger partial charge in [-0.25, -0.2) is 4.39 Å². The molecule has 0 amide bonds. The summed E-state index contributed by atoms with van der Waals surface area (Å²) < 4.78 is 13.1. The van der Waals surface area contributed by atoms with E-state index in [0.29, 0.717) is 4.47 Å². The van der Waals surface area contributed by atoms with E-state index in [9.17, 15) is 4.39 Å². The molecule has 0 bridgehead atoms. The van der Waals surface area contributed by atoms with E-state index in [4.69, 9.17) is 0 Å². The SMILES string of the molecule is Fc1c(Br)cc[nH]c1=S. The quantitative estimate of drug-likeness (QED) is 0.648. The van der Waals surface area contributed by atoms with Crippen molar-refractivity contribution >= 4 is 28.1 Å². The molecule has 1 nitrogen and oxygen atoms in total. The molecule has 0 saturated carbocycles. The Labute approximate surface area is 65.0 Å². The van der Waals surface area contributed by atoms with Gasteiger partial charge in [0.15, 0.2) is 5.82 Å². The van der Waals surface area contributed by atoms with Crippen LogP contribution in [-0.4, -0.2) is 4.98 Å². The summed E-state index contributed by atoms with van der Waals surface area (Å²) in [6.07, 6.45) is 1.58. The number of pyridine rings is 1. The van der Waals surface area contributed by atoms with Crippen LogP contribution in [0.1, 0.15) is 0 Å². The maximum atomic E-state index is 12.5. The molecule has 1 heterocycles. The Hall–Kier alpha value is -0.220. The molecule has 0 aliphatic heterocycles. The van der Waals surface area contributed by atoms with Gasteiger partial charge in [0, 0.05) is 6.20 Å². The maximum Gasteiger partial charge on any atom is 0.171 e. The summed E-state index contributed by atoms with van der Waals surface area (Å²) in [6.45, 7) is 0. The lowest BCUT2D eigenvalue weighted by Crippen LogP contribution is -1.80. The van der Waals surface area contributed by atoms with Crippen LogP contribution in [0.25, 0.3) is 0 Å². The molecule has 0 aliphatic rings. The van der Waals surface area contributed by atoms with Gasteiger partial charge < -0.3 is 4.98 Å². The highest BCUT2D eigenvalue weighted by atomic mass is 79.9. The van der Waals surface area contributed by atoms with Gasteiger partial charge in [0.05, 0.1) is 4.47 Å². The van der Waals surface area contributed by atoms with Gasteiger partial charge in [0.2, 0.25) is 0 Å². The van der Waals surface area contributed by atoms with E-state index >= 15 is 0 Å². The molecule has 0 unspecified atom stereocenters. The topological polar surface area (TPSA) is 15.8 Å². The second-order valence-corrected chi connectivity index (χ2v) is 2.73. The van der Waals surface area contributed by atoms with Crippen LogP contribution in [0.4, 0.5) is 4.39 Å². The largest absolute Gasteiger partial charge is 0.350 e. The lowest BCUT2D eigenvalue weighted by molar-refractivity contribution is 0.609. The summed E-state index contributed by atoms with van der Waals surface area (Å²) >= 11 is 7.56. The molecule has 1 aromatic heterocycles. The van der Waals surface area contributed by atoms with E-state index in [-0.39, 0.29) is 4.64 Å². The highest BCUT2D eigenvalue weighted by molar-refractivity contribution is 9.10. The number of rotatable bonds is 0. The number of hydrogen-bond donors (Lipinski definition) is 1. The fourth-order valence-corrected chi connectivity index (χ4v) is 1.08. The number of aromatic amines is 1. The average Bonchev–Trinajstić information content (AvgIpc) is 1.83. The smallest absolute Gasteiger partial charge is 0.171 e. The van der Waals surface area contributed by atoms with Crippen LogP contribution >= 0.6 is 28.1 Å². The van der Waals surface area contributed by atoms with E-state index in [0.717, 1.165) is 0 Å². The number of nitrogens with one attached hydrogen (secondary N) is 1. The van der Waals surface area contributed by atoms with Gasteiger partial charge >= 0.3 is 0 Å². The molecule has 0 aromatic carbocycles. The van der Waals surface area contributed by atoms with E-state index in [1.807, 2.05) is 0 Å². The molecular weight excluding hydrogens is 205 g/mol. The van der Waals surface area contributed by atoms with Crippen molar-refractivity contribution in [1.29, 1.82) is 0 Å². The molecule has 0 atom stereocenters. The van der Waals surface area contributed by atoms with E-state index in [1.54, 1.807) is 12.3 Å². The molecule has 48 valence electrons. The standard InChI is InChI=1S/C5H3BrFNS/c6-3-1-2-8-5(9)4(3)7/h1-2H,(H,8,9). The molecule has 1 rings (SSSR count). The first kappa shape index (κ1) is 6.89. The normalized spacial score (nSPS) is 9.56. The summed E-state index contributed by atoms with van der Waals surface area (Å²) in [5.41, 5.74) is 0. The molecule has 4 heteroatoms. The zero-order valence-corrected chi connectivity index (χ0v) is 6.72. The van der Waals surface area contributed by atoms with Crippen molar-refractivity contribution in [2.24, 2.45) is 0 Å².